The third-order valence-corrected chi connectivity index (χ3v) is 7.09. The van der Waals surface area contributed by atoms with Crippen LogP contribution < -0.4 is 16.0 Å². The fraction of sp³-hybridized carbons (Fsp3) is 0.909. The Morgan fingerprint density at radius 1 is 0.778 bits per heavy atom. The first-order valence-corrected chi connectivity index (χ1v) is 11.4. The minimum absolute atomic E-state index is 0.0753. The third-order valence-electron chi connectivity index (χ3n) is 7.09. The van der Waals surface area contributed by atoms with Crippen LogP contribution in [0.1, 0.15) is 84.0 Å². The monoisotopic (exact) mass is 377 g/mol. The Balaban J connectivity index is 1.48. The van der Waals surface area contributed by atoms with E-state index in [0.717, 1.165) is 24.7 Å². The number of carbonyl (C=O) groups excluding carboxylic acids is 2. The predicted octanol–water partition coefficient (Wildman–Crippen LogP) is 3.14. The normalized spacial score (nSPS) is 35.3. The van der Waals surface area contributed by atoms with Crippen molar-refractivity contribution in [2.45, 2.75) is 96.1 Å². The molecule has 0 radical (unpaired) electrons. The van der Waals surface area contributed by atoms with Gasteiger partial charge in [-0.05, 0) is 57.0 Å². The van der Waals surface area contributed by atoms with E-state index in [1.165, 1.54) is 70.9 Å². The first-order valence-electron chi connectivity index (χ1n) is 11.4. The Morgan fingerprint density at radius 2 is 1.37 bits per heavy atom. The molecule has 5 nitrogen and oxygen atoms in total. The molecule has 0 aromatic heterocycles. The molecule has 4 atom stereocenters. The molecule has 3 fully saturated rings. The zero-order chi connectivity index (χ0) is 19.1. The summed E-state index contributed by atoms with van der Waals surface area (Å²) in [6, 6.07) is 0.215. The molecule has 1 saturated carbocycles. The molecule has 0 spiro atoms. The molecular formula is C22H39N3O2. The summed E-state index contributed by atoms with van der Waals surface area (Å²) in [4.78, 5) is 23.8. The molecule has 2 aliphatic heterocycles. The van der Waals surface area contributed by atoms with Crippen LogP contribution in [0.15, 0.2) is 0 Å². The Labute approximate surface area is 164 Å². The van der Waals surface area contributed by atoms with Crippen molar-refractivity contribution in [1.29, 1.82) is 0 Å². The molecule has 2 heterocycles. The molecule has 27 heavy (non-hydrogen) atoms. The Hall–Kier alpha value is -0.940. The smallest absolute Gasteiger partial charge is 0.243 e. The standard InChI is InChI=1S/C22H39N3O2/c1-16-15-20(22(27)25-21(16)26)24-19-9-4-2-3-7-17(8-5-6-10-19)18-11-13-23-14-12-18/h16-20,23-24H,2-15H2,1H3,(H,25,26,27). The van der Waals surface area contributed by atoms with Crippen LogP contribution in [0.3, 0.4) is 0 Å². The van der Waals surface area contributed by atoms with Gasteiger partial charge < -0.3 is 10.6 Å². The second-order valence-electron chi connectivity index (χ2n) is 9.18. The SMILES string of the molecule is CC1CC(NC2CCCCCC(C3CCNCC3)CCCC2)C(=O)NC1=O. The van der Waals surface area contributed by atoms with Gasteiger partial charge in [-0.15, -0.1) is 0 Å². The van der Waals surface area contributed by atoms with Crippen molar-refractivity contribution < 1.29 is 9.59 Å². The van der Waals surface area contributed by atoms with Crippen LogP contribution in [0.2, 0.25) is 0 Å². The van der Waals surface area contributed by atoms with E-state index in [1.807, 2.05) is 6.92 Å². The van der Waals surface area contributed by atoms with Crippen molar-refractivity contribution in [1.82, 2.24) is 16.0 Å². The highest BCUT2D eigenvalue weighted by Crippen LogP contribution is 2.32. The van der Waals surface area contributed by atoms with Crippen LogP contribution in [0.4, 0.5) is 0 Å². The lowest BCUT2D eigenvalue weighted by atomic mass is 9.79. The maximum Gasteiger partial charge on any atom is 0.243 e. The maximum absolute atomic E-state index is 12.2. The van der Waals surface area contributed by atoms with Crippen LogP contribution in [0.5, 0.6) is 0 Å². The number of carbonyl (C=O) groups is 2. The van der Waals surface area contributed by atoms with Crippen molar-refractivity contribution in [3.8, 4) is 0 Å². The third kappa shape index (κ3) is 6.28. The highest BCUT2D eigenvalue weighted by molar-refractivity contribution is 6.01. The van der Waals surface area contributed by atoms with Crippen molar-refractivity contribution in [2.24, 2.45) is 17.8 Å². The number of nitrogens with one attached hydrogen (secondary N) is 3. The highest BCUT2D eigenvalue weighted by atomic mass is 16.2. The summed E-state index contributed by atoms with van der Waals surface area (Å²) in [5.74, 6) is 1.54. The summed E-state index contributed by atoms with van der Waals surface area (Å²) in [5.41, 5.74) is 0. The molecule has 1 aliphatic carbocycles. The zero-order valence-corrected chi connectivity index (χ0v) is 17.1. The quantitative estimate of drug-likeness (QED) is 0.661. The van der Waals surface area contributed by atoms with Gasteiger partial charge in [-0.3, -0.25) is 14.9 Å². The molecule has 5 heteroatoms. The van der Waals surface area contributed by atoms with E-state index in [-0.39, 0.29) is 23.8 Å². The molecule has 0 aromatic rings. The first-order chi connectivity index (χ1) is 13.1. The number of hydrogen-bond donors (Lipinski definition) is 3. The molecule has 0 aromatic carbocycles. The molecule has 154 valence electrons. The molecule has 2 amide bonds. The highest BCUT2D eigenvalue weighted by Gasteiger charge is 2.33. The molecule has 3 rings (SSSR count). The van der Waals surface area contributed by atoms with Gasteiger partial charge in [-0.25, -0.2) is 0 Å². The predicted molar refractivity (Wildman–Crippen MR) is 108 cm³/mol. The number of amides is 2. The van der Waals surface area contributed by atoms with Gasteiger partial charge >= 0.3 is 0 Å². The van der Waals surface area contributed by atoms with Crippen molar-refractivity contribution in [2.75, 3.05) is 13.1 Å². The van der Waals surface area contributed by atoms with Gasteiger partial charge in [0.15, 0.2) is 0 Å². The largest absolute Gasteiger partial charge is 0.317 e. The van der Waals surface area contributed by atoms with E-state index in [4.69, 9.17) is 0 Å². The van der Waals surface area contributed by atoms with Crippen LogP contribution in [0, 0.1) is 17.8 Å². The summed E-state index contributed by atoms with van der Waals surface area (Å²) in [6.45, 7) is 4.32. The van der Waals surface area contributed by atoms with E-state index in [0.29, 0.717) is 12.5 Å². The number of rotatable bonds is 3. The summed E-state index contributed by atoms with van der Waals surface area (Å²) in [5, 5.41) is 9.63. The van der Waals surface area contributed by atoms with Gasteiger partial charge in [0.25, 0.3) is 0 Å². The van der Waals surface area contributed by atoms with E-state index < -0.39 is 0 Å². The summed E-state index contributed by atoms with van der Waals surface area (Å²) < 4.78 is 0. The van der Waals surface area contributed by atoms with E-state index in [1.54, 1.807) is 0 Å². The zero-order valence-electron chi connectivity index (χ0n) is 17.1. The van der Waals surface area contributed by atoms with Gasteiger partial charge in [0, 0.05) is 12.0 Å². The minimum Gasteiger partial charge on any atom is -0.317 e. The Morgan fingerprint density at radius 3 is 2.11 bits per heavy atom. The van der Waals surface area contributed by atoms with Crippen molar-refractivity contribution >= 4 is 11.8 Å². The molecule has 3 N–H and O–H groups in total. The number of hydrogen-bond acceptors (Lipinski definition) is 4. The van der Waals surface area contributed by atoms with Crippen LogP contribution in [0.25, 0.3) is 0 Å². The lowest BCUT2D eigenvalue weighted by Gasteiger charge is -2.31. The second kappa shape index (κ2) is 10.6. The average Bonchev–Trinajstić information content (AvgIpc) is 2.72. The topological polar surface area (TPSA) is 70.2 Å². The van der Waals surface area contributed by atoms with Gasteiger partial charge in [-0.2, -0.15) is 0 Å². The lowest BCUT2D eigenvalue weighted by molar-refractivity contribution is -0.137. The molecule has 3 aliphatic rings. The van der Waals surface area contributed by atoms with Gasteiger partial charge in [-0.1, -0.05) is 51.9 Å². The average molecular weight is 378 g/mol. The van der Waals surface area contributed by atoms with E-state index in [2.05, 4.69) is 16.0 Å². The lowest BCUT2D eigenvalue weighted by Crippen LogP contribution is -2.56. The van der Waals surface area contributed by atoms with E-state index >= 15 is 0 Å². The van der Waals surface area contributed by atoms with Gasteiger partial charge in [0.05, 0.1) is 6.04 Å². The summed E-state index contributed by atoms with van der Waals surface area (Å²) in [7, 11) is 0. The number of piperidine rings is 2. The van der Waals surface area contributed by atoms with Crippen molar-refractivity contribution in [3.05, 3.63) is 0 Å². The molecule has 4 unspecified atom stereocenters. The molecule has 0 bridgehead atoms. The van der Waals surface area contributed by atoms with Crippen LogP contribution in [-0.4, -0.2) is 37.0 Å². The first kappa shape index (κ1) is 20.8. The fourth-order valence-corrected chi connectivity index (χ4v) is 5.34. The molecule has 2 saturated heterocycles. The maximum atomic E-state index is 12.2. The van der Waals surface area contributed by atoms with E-state index in [9.17, 15) is 9.59 Å². The fourth-order valence-electron chi connectivity index (χ4n) is 5.34. The Kier molecular flexibility index (Phi) is 8.13. The summed E-state index contributed by atoms with van der Waals surface area (Å²) in [6.07, 6.45) is 15.0. The van der Waals surface area contributed by atoms with Crippen LogP contribution in [-0.2, 0) is 9.59 Å². The minimum atomic E-state index is -0.199. The summed E-state index contributed by atoms with van der Waals surface area (Å²) >= 11 is 0. The van der Waals surface area contributed by atoms with Gasteiger partial charge in [0.1, 0.15) is 0 Å². The molecular weight excluding hydrogens is 338 g/mol. The second-order valence-corrected chi connectivity index (χ2v) is 9.18. The number of imide groups is 1. The Bertz CT molecular complexity index is 490. The van der Waals surface area contributed by atoms with Crippen molar-refractivity contribution in [3.63, 3.8) is 0 Å². The van der Waals surface area contributed by atoms with Gasteiger partial charge in [0.2, 0.25) is 11.8 Å². The van der Waals surface area contributed by atoms with Crippen LogP contribution >= 0.6 is 0 Å².